The first-order valence-electron chi connectivity index (χ1n) is 15.1. The van der Waals surface area contributed by atoms with E-state index >= 15 is 0 Å². The van der Waals surface area contributed by atoms with Crippen molar-refractivity contribution in [2.24, 2.45) is 5.73 Å². The highest BCUT2D eigenvalue weighted by Gasteiger charge is 2.28. The fraction of sp³-hybridized carbons (Fsp3) is 0.625. The summed E-state index contributed by atoms with van der Waals surface area (Å²) in [6, 6.07) is 12.7. The lowest BCUT2D eigenvalue weighted by Crippen LogP contribution is -2.42. The SMILES string of the molecule is C=CCCCC.CCCCCC.CS(=O)N1CCC(NCc2ccccc2)CC1.NC(=O)c1cc(C2CC2)on1. The lowest BCUT2D eigenvalue weighted by atomic mass is 10.1. The predicted octanol–water partition coefficient (Wildman–Crippen LogP) is 7.13. The molecule has 40 heavy (non-hydrogen) atoms. The molecule has 1 saturated carbocycles. The number of nitrogens with one attached hydrogen (secondary N) is 1. The molecule has 1 aliphatic carbocycles. The molecule has 0 spiro atoms. The van der Waals surface area contributed by atoms with Crippen molar-refractivity contribution in [3.05, 3.63) is 66.1 Å². The molecule has 0 bridgehead atoms. The molecule has 0 radical (unpaired) electrons. The van der Waals surface area contributed by atoms with E-state index < -0.39 is 16.9 Å². The second-order valence-electron chi connectivity index (χ2n) is 10.4. The van der Waals surface area contributed by atoms with E-state index in [2.05, 4.69) is 62.1 Å². The summed E-state index contributed by atoms with van der Waals surface area (Å²) in [5.41, 5.74) is 6.54. The van der Waals surface area contributed by atoms with Crippen molar-refractivity contribution < 1.29 is 13.5 Å². The molecule has 2 aromatic rings. The van der Waals surface area contributed by atoms with Gasteiger partial charge >= 0.3 is 0 Å². The molecule has 1 unspecified atom stereocenters. The number of piperidine rings is 1. The molecule has 8 heteroatoms. The Morgan fingerprint density at radius 2 is 1.68 bits per heavy atom. The normalized spacial score (nSPS) is 15.8. The van der Waals surface area contributed by atoms with Gasteiger partial charge in [0, 0.05) is 43.9 Å². The van der Waals surface area contributed by atoms with E-state index in [1.54, 1.807) is 12.3 Å². The molecular weight excluding hydrogens is 520 g/mol. The third kappa shape index (κ3) is 16.7. The summed E-state index contributed by atoms with van der Waals surface area (Å²) in [6.07, 6.45) is 17.5. The van der Waals surface area contributed by atoms with Crippen molar-refractivity contribution in [2.75, 3.05) is 19.3 Å². The molecule has 4 rings (SSSR count). The van der Waals surface area contributed by atoms with Crippen molar-refractivity contribution >= 4 is 16.9 Å². The number of amides is 1. The number of carbonyl (C=O) groups excluding carboxylic acids is 1. The molecule has 1 aromatic carbocycles. The lowest BCUT2D eigenvalue weighted by Gasteiger charge is -2.30. The molecule has 1 amide bonds. The number of benzene rings is 1. The summed E-state index contributed by atoms with van der Waals surface area (Å²) < 4.78 is 18.2. The number of nitrogens with two attached hydrogens (primary N) is 1. The second-order valence-corrected chi connectivity index (χ2v) is 11.7. The molecule has 1 atom stereocenters. The number of rotatable bonds is 12. The first kappa shape index (κ1) is 35.7. The summed E-state index contributed by atoms with van der Waals surface area (Å²) in [6.45, 7) is 13.1. The zero-order valence-electron chi connectivity index (χ0n) is 25.4. The highest BCUT2D eigenvalue weighted by atomic mass is 32.2. The van der Waals surface area contributed by atoms with E-state index in [9.17, 15) is 9.00 Å². The van der Waals surface area contributed by atoms with Crippen LogP contribution >= 0.6 is 0 Å². The Bertz CT molecular complexity index is 935. The Labute approximate surface area is 245 Å². The van der Waals surface area contributed by atoms with Crippen LogP contribution in [0.15, 0.2) is 53.6 Å². The van der Waals surface area contributed by atoms with Gasteiger partial charge in [0.25, 0.3) is 5.91 Å². The zero-order valence-corrected chi connectivity index (χ0v) is 26.2. The molecule has 2 aliphatic rings. The van der Waals surface area contributed by atoms with E-state index in [1.165, 1.54) is 50.5 Å². The summed E-state index contributed by atoms with van der Waals surface area (Å²) in [5, 5.41) is 7.10. The Morgan fingerprint density at radius 3 is 2.10 bits per heavy atom. The number of aromatic nitrogens is 1. The number of hydrogen-bond acceptors (Lipinski definition) is 5. The molecular formula is C32H54N4O3S. The van der Waals surface area contributed by atoms with Crippen molar-refractivity contribution in [3.63, 3.8) is 0 Å². The number of hydrogen-bond donors (Lipinski definition) is 2. The standard InChI is InChI=1S/C13H20N2OS.C7H8N2O2.C6H14.C6H12/c1-17(16)15-9-7-13(8-10-15)14-11-12-5-3-2-4-6-12;8-7(10)5-3-6(11-9-5)4-1-2-4;2*1-3-5-6-4-2/h2-6,13-14H,7-11H2,1H3;3-4H,1-2H2,(H2,8,10);3-6H2,1-2H3;3H,1,4-6H2,2H3. The van der Waals surface area contributed by atoms with Gasteiger partial charge in [-0.3, -0.25) is 4.79 Å². The number of unbranched alkanes of at least 4 members (excludes halogenated alkanes) is 5. The van der Waals surface area contributed by atoms with Gasteiger partial charge in [0.1, 0.15) is 5.76 Å². The minimum Gasteiger partial charge on any atom is -0.364 e. The summed E-state index contributed by atoms with van der Waals surface area (Å²) >= 11 is 0. The number of nitrogens with zero attached hydrogens (tertiary/aromatic N) is 2. The average molecular weight is 575 g/mol. The van der Waals surface area contributed by atoms with Crippen molar-refractivity contribution in [1.82, 2.24) is 14.8 Å². The second kappa shape index (κ2) is 22.4. The van der Waals surface area contributed by atoms with Gasteiger partial charge in [-0.05, 0) is 37.7 Å². The largest absolute Gasteiger partial charge is 0.364 e. The van der Waals surface area contributed by atoms with Crippen molar-refractivity contribution in [2.45, 2.75) is 110 Å². The molecule has 1 aromatic heterocycles. The molecule has 2 heterocycles. The zero-order chi connectivity index (χ0) is 29.6. The van der Waals surface area contributed by atoms with E-state index in [0.29, 0.717) is 12.0 Å². The molecule has 7 nitrogen and oxygen atoms in total. The molecule has 226 valence electrons. The predicted molar refractivity (Wildman–Crippen MR) is 168 cm³/mol. The van der Waals surface area contributed by atoms with E-state index in [0.717, 1.165) is 51.1 Å². The Hall–Kier alpha value is -2.29. The third-order valence-corrected chi connectivity index (χ3v) is 7.83. The Kier molecular flexibility index (Phi) is 20.0. The highest BCUT2D eigenvalue weighted by molar-refractivity contribution is 7.81. The number of primary amides is 1. The average Bonchev–Trinajstić information content (AvgIpc) is 3.71. The minimum absolute atomic E-state index is 0.229. The molecule has 1 aliphatic heterocycles. The van der Waals surface area contributed by atoms with E-state index in [1.807, 2.05) is 16.4 Å². The summed E-state index contributed by atoms with van der Waals surface area (Å²) in [7, 11) is -0.801. The Morgan fingerprint density at radius 1 is 1.07 bits per heavy atom. The first-order valence-corrected chi connectivity index (χ1v) is 16.6. The van der Waals surface area contributed by atoms with Gasteiger partial charge in [-0.15, -0.1) is 6.58 Å². The highest BCUT2D eigenvalue weighted by Crippen LogP contribution is 2.40. The summed E-state index contributed by atoms with van der Waals surface area (Å²) in [5.74, 6) is 0.745. The van der Waals surface area contributed by atoms with Gasteiger partial charge in [-0.2, -0.15) is 0 Å². The topological polar surface area (TPSA) is 101 Å². The van der Waals surface area contributed by atoms with Crippen molar-refractivity contribution in [1.29, 1.82) is 0 Å². The molecule has 2 fully saturated rings. The van der Waals surface area contributed by atoms with Crippen LogP contribution in [-0.2, 0) is 17.5 Å². The van der Waals surface area contributed by atoms with E-state index in [-0.39, 0.29) is 5.69 Å². The van der Waals surface area contributed by atoms with Crippen LogP contribution in [0.25, 0.3) is 0 Å². The van der Waals surface area contributed by atoms with Crippen LogP contribution in [-0.4, -0.2) is 45.0 Å². The van der Waals surface area contributed by atoms with Gasteiger partial charge in [0.05, 0.1) is 11.0 Å². The monoisotopic (exact) mass is 574 g/mol. The third-order valence-electron chi connectivity index (χ3n) is 6.73. The number of carbonyl (C=O) groups is 1. The fourth-order valence-electron chi connectivity index (χ4n) is 3.99. The first-order chi connectivity index (χ1) is 19.4. The Balaban J connectivity index is 0.000000298. The smallest absolute Gasteiger partial charge is 0.270 e. The maximum absolute atomic E-state index is 11.3. The van der Waals surface area contributed by atoms with Crippen molar-refractivity contribution in [3.8, 4) is 0 Å². The van der Waals surface area contributed by atoms with Crippen LogP contribution in [0.3, 0.4) is 0 Å². The maximum atomic E-state index is 11.3. The lowest BCUT2D eigenvalue weighted by molar-refractivity contribution is 0.0991. The maximum Gasteiger partial charge on any atom is 0.270 e. The summed E-state index contributed by atoms with van der Waals surface area (Å²) in [4.78, 5) is 10.6. The van der Waals surface area contributed by atoms with E-state index in [4.69, 9.17) is 10.3 Å². The van der Waals surface area contributed by atoms with Crippen LogP contribution in [0, 0.1) is 0 Å². The molecule has 3 N–H and O–H groups in total. The minimum atomic E-state index is -0.801. The molecule has 1 saturated heterocycles. The van der Waals surface area contributed by atoms with Crippen LogP contribution in [0.5, 0.6) is 0 Å². The van der Waals surface area contributed by atoms with Gasteiger partial charge in [0.15, 0.2) is 5.69 Å². The quantitative estimate of drug-likeness (QED) is 0.207. The van der Waals surface area contributed by atoms with Gasteiger partial charge in [-0.1, -0.05) is 101 Å². The van der Waals surface area contributed by atoms with Crippen LogP contribution in [0.2, 0.25) is 0 Å². The number of allylic oxidation sites excluding steroid dienone is 1. The van der Waals surface area contributed by atoms with Gasteiger partial charge in [-0.25, -0.2) is 8.51 Å². The van der Waals surface area contributed by atoms with Gasteiger partial charge in [0.2, 0.25) is 0 Å². The van der Waals surface area contributed by atoms with Gasteiger partial charge < -0.3 is 15.6 Å². The fourth-order valence-corrected chi connectivity index (χ4v) is 4.71. The van der Waals surface area contributed by atoms with Crippen LogP contribution in [0.1, 0.15) is 119 Å². The van der Waals surface area contributed by atoms with Crippen LogP contribution < -0.4 is 11.1 Å². The van der Waals surface area contributed by atoms with Crippen LogP contribution in [0.4, 0.5) is 0 Å².